The topological polar surface area (TPSA) is 64.8 Å². The van der Waals surface area contributed by atoms with Crippen LogP contribution in [0.25, 0.3) is 0 Å². The van der Waals surface area contributed by atoms with Crippen LogP contribution < -0.4 is 5.73 Å². The smallest absolute Gasteiger partial charge is 0.325 e. The standard InChI is InChI=1S/C14H28N2O3/c1-11(9-14(2,15)13(17)18-4)16(3)10-12-5-7-19-8-6-12/h11-12H,5-10,15H2,1-4H3. The lowest BCUT2D eigenvalue weighted by Crippen LogP contribution is -2.50. The molecule has 2 atom stereocenters. The first kappa shape index (κ1) is 16.4. The molecule has 2 unspecified atom stereocenters. The normalized spacial score (nSPS) is 22.0. The molecule has 5 heteroatoms. The zero-order valence-corrected chi connectivity index (χ0v) is 12.6. The largest absolute Gasteiger partial charge is 0.468 e. The molecule has 0 saturated carbocycles. The van der Waals surface area contributed by atoms with Gasteiger partial charge in [0, 0.05) is 25.8 Å². The van der Waals surface area contributed by atoms with Crippen molar-refractivity contribution >= 4 is 5.97 Å². The maximum Gasteiger partial charge on any atom is 0.325 e. The van der Waals surface area contributed by atoms with Crippen molar-refractivity contribution in [1.82, 2.24) is 4.90 Å². The number of carbonyl (C=O) groups excluding carboxylic acids is 1. The van der Waals surface area contributed by atoms with Gasteiger partial charge in [-0.05, 0) is 46.1 Å². The number of esters is 1. The van der Waals surface area contributed by atoms with E-state index in [2.05, 4.69) is 18.9 Å². The number of ether oxygens (including phenoxy) is 2. The van der Waals surface area contributed by atoms with Gasteiger partial charge in [-0.25, -0.2) is 0 Å². The summed E-state index contributed by atoms with van der Waals surface area (Å²) in [6.07, 6.45) is 2.83. The quantitative estimate of drug-likeness (QED) is 0.731. The molecule has 0 aromatic heterocycles. The van der Waals surface area contributed by atoms with Crippen molar-refractivity contribution in [2.75, 3.05) is 33.9 Å². The highest BCUT2D eigenvalue weighted by molar-refractivity contribution is 5.79. The molecule has 0 spiro atoms. The molecule has 112 valence electrons. The van der Waals surface area contributed by atoms with Crippen LogP contribution in [0.2, 0.25) is 0 Å². The van der Waals surface area contributed by atoms with Gasteiger partial charge in [0.05, 0.1) is 7.11 Å². The molecule has 0 bridgehead atoms. The Hall–Kier alpha value is -0.650. The van der Waals surface area contributed by atoms with Crippen molar-refractivity contribution in [2.45, 2.75) is 44.7 Å². The van der Waals surface area contributed by atoms with E-state index in [0.717, 1.165) is 32.6 Å². The summed E-state index contributed by atoms with van der Waals surface area (Å²) in [5.74, 6) is 0.335. The Morgan fingerprint density at radius 3 is 2.63 bits per heavy atom. The van der Waals surface area contributed by atoms with E-state index in [-0.39, 0.29) is 12.0 Å². The van der Waals surface area contributed by atoms with Crippen LogP contribution in [-0.4, -0.2) is 56.4 Å². The first-order valence-electron chi connectivity index (χ1n) is 7.02. The van der Waals surface area contributed by atoms with Crippen molar-refractivity contribution in [2.24, 2.45) is 11.7 Å². The fourth-order valence-electron chi connectivity index (χ4n) is 2.60. The number of rotatable bonds is 6. The Morgan fingerprint density at radius 1 is 1.53 bits per heavy atom. The number of hydrogen-bond donors (Lipinski definition) is 1. The molecule has 0 amide bonds. The SMILES string of the molecule is COC(=O)C(C)(N)CC(C)N(C)CC1CCOCC1. The van der Waals surface area contributed by atoms with E-state index < -0.39 is 5.54 Å². The van der Waals surface area contributed by atoms with Gasteiger partial charge in [-0.3, -0.25) is 4.79 Å². The van der Waals surface area contributed by atoms with Crippen LogP contribution in [0, 0.1) is 5.92 Å². The van der Waals surface area contributed by atoms with Crippen molar-refractivity contribution in [3.05, 3.63) is 0 Å². The summed E-state index contributed by atoms with van der Waals surface area (Å²) < 4.78 is 10.1. The summed E-state index contributed by atoms with van der Waals surface area (Å²) in [4.78, 5) is 13.9. The average Bonchev–Trinajstić information content (AvgIpc) is 2.38. The molecule has 0 radical (unpaired) electrons. The highest BCUT2D eigenvalue weighted by Gasteiger charge is 2.32. The minimum absolute atomic E-state index is 0.247. The van der Waals surface area contributed by atoms with Gasteiger partial charge < -0.3 is 20.1 Å². The van der Waals surface area contributed by atoms with E-state index >= 15 is 0 Å². The third-order valence-electron chi connectivity index (χ3n) is 4.01. The molecule has 5 nitrogen and oxygen atoms in total. The number of nitrogens with zero attached hydrogens (tertiary/aromatic N) is 1. The maximum absolute atomic E-state index is 11.6. The predicted octanol–water partition coefficient (Wildman–Crippen LogP) is 1.01. The average molecular weight is 272 g/mol. The van der Waals surface area contributed by atoms with Gasteiger partial charge in [-0.1, -0.05) is 0 Å². The monoisotopic (exact) mass is 272 g/mol. The molecular formula is C14H28N2O3. The summed E-state index contributed by atoms with van der Waals surface area (Å²) in [6.45, 7) is 6.60. The van der Waals surface area contributed by atoms with Crippen molar-refractivity contribution in [3.8, 4) is 0 Å². The number of hydrogen-bond acceptors (Lipinski definition) is 5. The number of methoxy groups -OCH3 is 1. The lowest BCUT2D eigenvalue weighted by molar-refractivity contribution is -0.147. The third kappa shape index (κ3) is 5.09. The highest BCUT2D eigenvalue weighted by atomic mass is 16.5. The molecule has 1 aliphatic rings. The minimum atomic E-state index is -0.919. The molecule has 2 N–H and O–H groups in total. The van der Waals surface area contributed by atoms with E-state index in [1.807, 2.05) is 0 Å². The van der Waals surface area contributed by atoms with Gasteiger partial charge in [0.1, 0.15) is 5.54 Å². The van der Waals surface area contributed by atoms with Crippen molar-refractivity contribution in [1.29, 1.82) is 0 Å². The molecule has 1 rings (SSSR count). The van der Waals surface area contributed by atoms with Crippen LogP contribution in [-0.2, 0) is 14.3 Å². The number of carbonyl (C=O) groups is 1. The Kier molecular flexibility index (Phi) is 6.23. The van der Waals surface area contributed by atoms with Crippen LogP contribution in [0.15, 0.2) is 0 Å². The maximum atomic E-state index is 11.6. The van der Waals surface area contributed by atoms with Gasteiger partial charge >= 0.3 is 5.97 Å². The second-order valence-electron chi connectivity index (χ2n) is 5.96. The fraction of sp³-hybridized carbons (Fsp3) is 0.929. The molecule has 1 aliphatic heterocycles. The van der Waals surface area contributed by atoms with E-state index in [1.54, 1.807) is 6.92 Å². The van der Waals surface area contributed by atoms with Crippen LogP contribution in [0.1, 0.15) is 33.1 Å². The molecule has 0 aliphatic carbocycles. The molecule has 1 heterocycles. The van der Waals surface area contributed by atoms with Crippen LogP contribution in [0.5, 0.6) is 0 Å². The van der Waals surface area contributed by atoms with Gasteiger partial charge in [0.15, 0.2) is 0 Å². The van der Waals surface area contributed by atoms with E-state index in [1.165, 1.54) is 7.11 Å². The van der Waals surface area contributed by atoms with E-state index in [9.17, 15) is 4.79 Å². The second kappa shape index (κ2) is 7.22. The summed E-state index contributed by atoms with van der Waals surface area (Å²) in [5, 5.41) is 0. The predicted molar refractivity (Wildman–Crippen MR) is 74.9 cm³/mol. The zero-order valence-electron chi connectivity index (χ0n) is 12.6. The zero-order chi connectivity index (χ0) is 14.5. The van der Waals surface area contributed by atoms with E-state index in [4.69, 9.17) is 15.2 Å². The minimum Gasteiger partial charge on any atom is -0.468 e. The Morgan fingerprint density at radius 2 is 2.11 bits per heavy atom. The van der Waals surface area contributed by atoms with Crippen molar-refractivity contribution in [3.63, 3.8) is 0 Å². The fourth-order valence-corrected chi connectivity index (χ4v) is 2.60. The molecule has 1 saturated heterocycles. The highest BCUT2D eigenvalue weighted by Crippen LogP contribution is 2.19. The molecule has 0 aromatic carbocycles. The molecule has 0 aromatic rings. The van der Waals surface area contributed by atoms with E-state index in [0.29, 0.717) is 12.3 Å². The van der Waals surface area contributed by atoms with Crippen LogP contribution >= 0.6 is 0 Å². The third-order valence-corrected chi connectivity index (χ3v) is 4.01. The second-order valence-corrected chi connectivity index (χ2v) is 5.96. The lowest BCUT2D eigenvalue weighted by atomic mass is 9.93. The van der Waals surface area contributed by atoms with Gasteiger partial charge in [-0.15, -0.1) is 0 Å². The van der Waals surface area contributed by atoms with Crippen LogP contribution in [0.4, 0.5) is 0 Å². The lowest BCUT2D eigenvalue weighted by Gasteiger charge is -2.34. The van der Waals surface area contributed by atoms with Crippen LogP contribution in [0.3, 0.4) is 0 Å². The Balaban J connectivity index is 2.43. The van der Waals surface area contributed by atoms with Gasteiger partial charge in [-0.2, -0.15) is 0 Å². The Bertz CT molecular complexity index is 288. The summed E-state index contributed by atoms with van der Waals surface area (Å²) in [5.41, 5.74) is 5.10. The summed E-state index contributed by atoms with van der Waals surface area (Å²) >= 11 is 0. The summed E-state index contributed by atoms with van der Waals surface area (Å²) in [7, 11) is 3.47. The molecular weight excluding hydrogens is 244 g/mol. The number of nitrogens with two attached hydrogens (primary N) is 1. The Labute approximate surface area is 116 Å². The molecule has 19 heavy (non-hydrogen) atoms. The van der Waals surface area contributed by atoms with Gasteiger partial charge in [0.2, 0.25) is 0 Å². The van der Waals surface area contributed by atoms with Crippen molar-refractivity contribution < 1.29 is 14.3 Å². The van der Waals surface area contributed by atoms with Gasteiger partial charge in [0.25, 0.3) is 0 Å². The summed E-state index contributed by atoms with van der Waals surface area (Å²) in [6, 6.07) is 0.247. The first-order chi connectivity index (χ1) is 8.86. The molecule has 1 fully saturated rings. The first-order valence-corrected chi connectivity index (χ1v) is 7.02.